The van der Waals surface area contributed by atoms with Gasteiger partial charge in [0.05, 0.1) is 22.5 Å². The van der Waals surface area contributed by atoms with E-state index in [9.17, 15) is 31.2 Å². The molecule has 1 atom stereocenters. The normalized spacial score (nSPS) is 13.0. The number of aromatic nitrogens is 3. The highest BCUT2D eigenvalue weighted by atomic mass is 32.2. The maximum absolute atomic E-state index is 14.7. The molecular formula is C25H21F4N5O2S. The molecule has 1 aromatic carbocycles. The molecule has 0 aliphatic rings. The minimum Gasteiger partial charge on any atom is -0.291 e. The van der Waals surface area contributed by atoms with Gasteiger partial charge in [0.2, 0.25) is 10.0 Å². The predicted octanol–water partition coefficient (Wildman–Crippen LogP) is 5.20. The van der Waals surface area contributed by atoms with Crippen molar-refractivity contribution < 1.29 is 26.0 Å². The summed E-state index contributed by atoms with van der Waals surface area (Å²) in [5, 5.41) is 10.4. The minimum atomic E-state index is -4.77. The fourth-order valence-electron chi connectivity index (χ4n) is 4.02. The molecule has 37 heavy (non-hydrogen) atoms. The molecule has 4 aromatic rings. The van der Waals surface area contributed by atoms with Gasteiger partial charge in [0, 0.05) is 17.8 Å². The average molecular weight is 532 g/mol. The van der Waals surface area contributed by atoms with Gasteiger partial charge in [-0.1, -0.05) is 13.0 Å². The number of rotatable bonds is 6. The van der Waals surface area contributed by atoms with Gasteiger partial charge in [-0.3, -0.25) is 9.55 Å². The van der Waals surface area contributed by atoms with E-state index >= 15 is 0 Å². The molecule has 192 valence electrons. The Hall–Kier alpha value is -3.82. The lowest BCUT2D eigenvalue weighted by atomic mass is 10.1. The number of nitrogens with zero attached hydrogens (tertiary/aromatic N) is 4. The lowest BCUT2D eigenvalue weighted by Gasteiger charge is -2.18. The average Bonchev–Trinajstić information content (AvgIpc) is 3.15. The summed E-state index contributed by atoms with van der Waals surface area (Å²) in [5.74, 6) is -0.0684. The van der Waals surface area contributed by atoms with Crippen molar-refractivity contribution in [3.8, 4) is 23.3 Å². The summed E-state index contributed by atoms with van der Waals surface area (Å²) in [5.41, 5.74) is 1.53. The van der Waals surface area contributed by atoms with Crippen molar-refractivity contribution in [3.05, 3.63) is 71.3 Å². The summed E-state index contributed by atoms with van der Waals surface area (Å²) in [4.78, 5) is 8.13. The molecule has 0 saturated carbocycles. The third-order valence-electron chi connectivity index (χ3n) is 5.92. The summed E-state index contributed by atoms with van der Waals surface area (Å²) < 4.78 is 82.1. The van der Waals surface area contributed by atoms with Crippen LogP contribution in [0.2, 0.25) is 0 Å². The Labute approximate surface area is 210 Å². The quantitative estimate of drug-likeness (QED) is 0.345. The summed E-state index contributed by atoms with van der Waals surface area (Å²) in [7, 11) is -4.56. The number of hydrogen-bond acceptors (Lipinski definition) is 5. The van der Waals surface area contributed by atoms with Crippen LogP contribution in [-0.2, 0) is 16.4 Å². The highest BCUT2D eigenvalue weighted by Gasteiger charge is 2.39. The molecule has 0 radical (unpaired) electrons. The molecule has 0 fully saturated rings. The maximum atomic E-state index is 14.7. The lowest BCUT2D eigenvalue weighted by Crippen LogP contribution is -2.43. The first-order valence-corrected chi connectivity index (χ1v) is 12.6. The van der Waals surface area contributed by atoms with E-state index in [1.54, 1.807) is 46.7 Å². The number of pyridine rings is 2. The number of fused-ring (bicyclic) bond motifs is 1. The van der Waals surface area contributed by atoms with Crippen LogP contribution in [0.3, 0.4) is 0 Å². The smallest absolute Gasteiger partial charge is 0.291 e. The van der Waals surface area contributed by atoms with Crippen molar-refractivity contribution in [1.29, 1.82) is 5.26 Å². The maximum Gasteiger partial charge on any atom is 0.404 e. The minimum absolute atomic E-state index is 0.0912. The first-order chi connectivity index (χ1) is 17.4. The van der Waals surface area contributed by atoms with Crippen molar-refractivity contribution in [2.24, 2.45) is 0 Å². The summed E-state index contributed by atoms with van der Waals surface area (Å²) in [6.07, 6.45) is -1.88. The highest BCUT2D eigenvalue weighted by Crippen LogP contribution is 2.37. The Morgan fingerprint density at radius 1 is 1.19 bits per heavy atom. The Kier molecular flexibility index (Phi) is 6.79. The summed E-state index contributed by atoms with van der Waals surface area (Å²) in [6.45, 7) is 3.90. The first kappa shape index (κ1) is 26.2. The number of benzene rings is 1. The predicted molar refractivity (Wildman–Crippen MR) is 129 cm³/mol. The van der Waals surface area contributed by atoms with Gasteiger partial charge in [0.1, 0.15) is 28.6 Å². The van der Waals surface area contributed by atoms with Gasteiger partial charge in [0.25, 0.3) is 0 Å². The monoisotopic (exact) mass is 531 g/mol. The van der Waals surface area contributed by atoms with Gasteiger partial charge in [-0.2, -0.15) is 23.2 Å². The van der Waals surface area contributed by atoms with Gasteiger partial charge in [-0.05, 0) is 61.7 Å². The molecule has 0 aliphatic heterocycles. The van der Waals surface area contributed by atoms with Gasteiger partial charge in [0.15, 0.2) is 0 Å². The zero-order chi connectivity index (χ0) is 27.1. The zero-order valence-corrected chi connectivity index (χ0v) is 20.7. The number of halogens is 4. The van der Waals surface area contributed by atoms with Crippen molar-refractivity contribution in [2.45, 2.75) is 44.3 Å². The number of nitriles is 1. The summed E-state index contributed by atoms with van der Waals surface area (Å²) in [6, 6.07) is 9.15. The van der Waals surface area contributed by atoms with E-state index in [1.165, 1.54) is 19.1 Å². The van der Waals surface area contributed by atoms with Crippen LogP contribution in [-0.4, -0.2) is 35.2 Å². The second-order valence-corrected chi connectivity index (χ2v) is 10.1. The number of aryl methyl sites for hydroxylation is 2. The van der Waals surface area contributed by atoms with Crippen LogP contribution in [0, 0.1) is 24.1 Å². The fraction of sp³-hybridized carbons (Fsp3) is 0.240. The third-order valence-corrected chi connectivity index (χ3v) is 7.59. The van der Waals surface area contributed by atoms with Crippen molar-refractivity contribution in [2.75, 3.05) is 0 Å². The van der Waals surface area contributed by atoms with Gasteiger partial charge in [-0.15, -0.1) is 0 Å². The Morgan fingerprint density at radius 3 is 2.49 bits per heavy atom. The van der Waals surface area contributed by atoms with Crippen LogP contribution in [0.4, 0.5) is 17.6 Å². The van der Waals surface area contributed by atoms with Gasteiger partial charge in [-0.25, -0.2) is 17.8 Å². The van der Waals surface area contributed by atoms with E-state index in [0.717, 1.165) is 6.20 Å². The molecule has 0 spiro atoms. The van der Waals surface area contributed by atoms with Crippen LogP contribution in [0.25, 0.3) is 28.1 Å². The molecule has 3 heterocycles. The van der Waals surface area contributed by atoms with E-state index in [0.29, 0.717) is 35.6 Å². The van der Waals surface area contributed by atoms with Crippen LogP contribution in [0.15, 0.2) is 53.7 Å². The topological polar surface area (TPSA) is 101 Å². The standard InChI is InChI=1S/C25H21F4N5O2S/c1-4-16-10-21-17(11-19(16)26)18(12-30)24(34(21)23-7-5-6-8-31-23)20-9-14(2)22(13-32-20)37(35,36)33-15(3)25(27,28)29/h5-11,13,15,33H,4H2,1-3H3/t15-/m0/s1. The zero-order valence-electron chi connectivity index (χ0n) is 19.9. The molecule has 0 unspecified atom stereocenters. The van der Waals surface area contributed by atoms with Crippen LogP contribution >= 0.6 is 0 Å². The highest BCUT2D eigenvalue weighted by molar-refractivity contribution is 7.89. The molecule has 0 bridgehead atoms. The van der Waals surface area contributed by atoms with Gasteiger partial charge >= 0.3 is 6.18 Å². The molecule has 4 rings (SSSR count). The second kappa shape index (κ2) is 9.57. The molecule has 3 aromatic heterocycles. The Morgan fingerprint density at radius 2 is 1.92 bits per heavy atom. The van der Waals surface area contributed by atoms with E-state index < -0.39 is 33.0 Å². The molecular weight excluding hydrogens is 510 g/mol. The van der Waals surface area contributed by atoms with Crippen LogP contribution in [0.5, 0.6) is 0 Å². The molecule has 12 heteroatoms. The number of nitrogens with one attached hydrogen (secondary N) is 1. The summed E-state index contributed by atoms with van der Waals surface area (Å²) >= 11 is 0. The molecule has 0 saturated heterocycles. The lowest BCUT2D eigenvalue weighted by molar-refractivity contribution is -0.147. The van der Waals surface area contributed by atoms with Crippen molar-refractivity contribution in [1.82, 2.24) is 19.3 Å². The number of hydrogen-bond donors (Lipinski definition) is 1. The molecule has 7 nitrogen and oxygen atoms in total. The van der Waals surface area contributed by atoms with E-state index in [-0.39, 0.29) is 22.5 Å². The second-order valence-electron chi connectivity index (χ2n) is 8.39. The van der Waals surface area contributed by atoms with E-state index in [4.69, 9.17) is 0 Å². The molecule has 0 aliphatic carbocycles. The first-order valence-electron chi connectivity index (χ1n) is 11.1. The molecule has 1 N–H and O–H groups in total. The van der Waals surface area contributed by atoms with Crippen LogP contribution < -0.4 is 4.72 Å². The fourth-order valence-corrected chi connectivity index (χ4v) is 5.42. The Bertz CT molecular complexity index is 1640. The van der Waals surface area contributed by atoms with Crippen molar-refractivity contribution in [3.63, 3.8) is 0 Å². The van der Waals surface area contributed by atoms with E-state index in [1.807, 2.05) is 0 Å². The van der Waals surface area contributed by atoms with Gasteiger partial charge < -0.3 is 0 Å². The Balaban J connectivity index is 1.96. The number of alkyl halides is 3. The number of sulfonamides is 1. The van der Waals surface area contributed by atoms with Crippen LogP contribution in [0.1, 0.15) is 30.5 Å². The van der Waals surface area contributed by atoms with E-state index in [2.05, 4.69) is 16.0 Å². The SMILES string of the molecule is CCc1cc2c(cc1F)c(C#N)c(-c1cc(C)c(S(=O)(=O)N[C@@H](C)C(F)(F)F)cn1)n2-c1ccccn1. The largest absolute Gasteiger partial charge is 0.404 e. The molecule has 0 amide bonds. The van der Waals surface area contributed by atoms with Crippen molar-refractivity contribution >= 4 is 20.9 Å². The third kappa shape index (κ3) is 4.80.